The monoisotopic (exact) mass is 189 g/mol. The van der Waals surface area contributed by atoms with E-state index in [0.29, 0.717) is 12.8 Å². The van der Waals surface area contributed by atoms with Crippen LogP contribution in [0.1, 0.15) is 26.2 Å². The number of carboxylic acids is 1. The third-order valence-corrected chi connectivity index (χ3v) is 1.46. The summed E-state index contributed by atoms with van der Waals surface area (Å²) in [5.74, 6) is -1.34. The number of nitrogens with one attached hydrogen (secondary N) is 1. The van der Waals surface area contributed by atoms with E-state index in [4.69, 9.17) is 10.2 Å². The molecule has 5 heteroatoms. The molecule has 1 atom stereocenters. The second-order valence-corrected chi connectivity index (χ2v) is 2.91. The molecule has 0 rings (SSSR count). The van der Waals surface area contributed by atoms with Crippen LogP contribution in [0.25, 0.3) is 0 Å². The van der Waals surface area contributed by atoms with Crippen LogP contribution in [0.3, 0.4) is 0 Å². The van der Waals surface area contributed by atoms with Crippen molar-refractivity contribution in [1.29, 1.82) is 0 Å². The highest BCUT2D eigenvalue weighted by molar-refractivity contribution is 5.80. The number of hydrogen-bond acceptors (Lipinski definition) is 3. The molecule has 0 aromatic carbocycles. The number of rotatable bonds is 6. The van der Waals surface area contributed by atoms with Crippen molar-refractivity contribution in [3.63, 3.8) is 0 Å². The second-order valence-electron chi connectivity index (χ2n) is 2.91. The Kier molecular flexibility index (Phi) is 5.88. The number of aliphatic hydroxyl groups is 1. The van der Waals surface area contributed by atoms with Gasteiger partial charge in [0.1, 0.15) is 6.54 Å². The average Bonchev–Trinajstić information content (AvgIpc) is 2.00. The first-order valence-electron chi connectivity index (χ1n) is 4.19. The van der Waals surface area contributed by atoms with Crippen LogP contribution in [-0.2, 0) is 9.59 Å². The van der Waals surface area contributed by atoms with Crippen molar-refractivity contribution in [3.8, 4) is 0 Å². The molecule has 0 aliphatic rings. The lowest BCUT2D eigenvalue weighted by molar-refractivity contribution is -0.137. The first-order chi connectivity index (χ1) is 6.02. The Morgan fingerprint density at radius 3 is 2.54 bits per heavy atom. The molecule has 0 aromatic heterocycles. The summed E-state index contributed by atoms with van der Waals surface area (Å²) in [5.41, 5.74) is 0. The Morgan fingerprint density at radius 1 is 1.46 bits per heavy atom. The van der Waals surface area contributed by atoms with E-state index in [2.05, 4.69) is 5.32 Å². The van der Waals surface area contributed by atoms with Crippen molar-refractivity contribution >= 4 is 11.9 Å². The lowest BCUT2D eigenvalue weighted by Crippen LogP contribution is -2.29. The first-order valence-corrected chi connectivity index (χ1v) is 4.19. The van der Waals surface area contributed by atoms with E-state index < -0.39 is 12.1 Å². The molecule has 0 heterocycles. The molecule has 0 spiro atoms. The van der Waals surface area contributed by atoms with Crippen molar-refractivity contribution < 1.29 is 19.8 Å². The molecule has 13 heavy (non-hydrogen) atoms. The van der Waals surface area contributed by atoms with Gasteiger partial charge in [0.2, 0.25) is 5.91 Å². The molecule has 0 saturated carbocycles. The molecule has 1 unspecified atom stereocenters. The number of carboxylic acid groups (broad SMARTS) is 1. The van der Waals surface area contributed by atoms with Gasteiger partial charge in [0, 0.05) is 6.42 Å². The number of carbonyl (C=O) groups is 2. The molecular formula is C8H15NO4. The molecule has 0 bridgehead atoms. The molecule has 0 aliphatic heterocycles. The van der Waals surface area contributed by atoms with Gasteiger partial charge < -0.3 is 15.5 Å². The van der Waals surface area contributed by atoms with E-state index in [1.165, 1.54) is 0 Å². The molecule has 0 saturated heterocycles. The van der Waals surface area contributed by atoms with Crippen molar-refractivity contribution in [2.45, 2.75) is 32.3 Å². The number of carbonyl (C=O) groups excluding carboxylic acids is 1. The molecule has 76 valence electrons. The summed E-state index contributed by atoms with van der Waals surface area (Å²) in [7, 11) is 0. The zero-order valence-corrected chi connectivity index (χ0v) is 7.62. The summed E-state index contributed by atoms with van der Waals surface area (Å²) >= 11 is 0. The van der Waals surface area contributed by atoms with Gasteiger partial charge >= 0.3 is 5.97 Å². The van der Waals surface area contributed by atoms with E-state index >= 15 is 0 Å². The smallest absolute Gasteiger partial charge is 0.322 e. The van der Waals surface area contributed by atoms with Crippen LogP contribution in [0.15, 0.2) is 0 Å². The molecule has 5 nitrogen and oxygen atoms in total. The minimum atomic E-state index is -1.05. The Morgan fingerprint density at radius 2 is 2.08 bits per heavy atom. The Labute approximate surface area is 76.8 Å². The molecular weight excluding hydrogens is 174 g/mol. The van der Waals surface area contributed by atoms with Gasteiger partial charge in [0.05, 0.1) is 6.10 Å². The van der Waals surface area contributed by atoms with E-state index in [1.54, 1.807) is 6.92 Å². The maximum atomic E-state index is 10.9. The van der Waals surface area contributed by atoms with Gasteiger partial charge in [-0.15, -0.1) is 0 Å². The van der Waals surface area contributed by atoms with Crippen LogP contribution in [0, 0.1) is 0 Å². The van der Waals surface area contributed by atoms with Crippen molar-refractivity contribution in [1.82, 2.24) is 5.32 Å². The Hall–Kier alpha value is -1.10. The van der Waals surface area contributed by atoms with Crippen LogP contribution >= 0.6 is 0 Å². The summed E-state index contributed by atoms with van der Waals surface area (Å²) in [4.78, 5) is 20.9. The zero-order valence-electron chi connectivity index (χ0n) is 7.62. The maximum absolute atomic E-state index is 10.9. The lowest BCUT2D eigenvalue weighted by Gasteiger charge is -2.03. The van der Waals surface area contributed by atoms with Gasteiger partial charge in [0.15, 0.2) is 0 Å². The lowest BCUT2D eigenvalue weighted by atomic mass is 10.2. The molecule has 0 radical (unpaired) electrons. The third kappa shape index (κ3) is 8.81. The predicted octanol–water partition coefficient (Wildman–Crippen LogP) is -0.262. The molecule has 0 aromatic rings. The Balaban J connectivity index is 3.36. The Bertz CT molecular complexity index is 179. The third-order valence-electron chi connectivity index (χ3n) is 1.46. The average molecular weight is 189 g/mol. The fourth-order valence-electron chi connectivity index (χ4n) is 0.821. The van der Waals surface area contributed by atoms with Gasteiger partial charge in [-0.05, 0) is 19.8 Å². The minimum absolute atomic E-state index is 0.262. The fourth-order valence-corrected chi connectivity index (χ4v) is 0.821. The molecule has 0 fully saturated rings. The number of amides is 1. The van der Waals surface area contributed by atoms with Crippen LogP contribution in [-0.4, -0.2) is 34.7 Å². The first kappa shape index (κ1) is 11.9. The number of aliphatic carboxylic acids is 1. The van der Waals surface area contributed by atoms with Gasteiger partial charge in [-0.1, -0.05) is 0 Å². The zero-order chi connectivity index (χ0) is 10.3. The van der Waals surface area contributed by atoms with Gasteiger partial charge in [0.25, 0.3) is 0 Å². The van der Waals surface area contributed by atoms with Gasteiger partial charge in [-0.2, -0.15) is 0 Å². The largest absolute Gasteiger partial charge is 0.480 e. The second kappa shape index (κ2) is 6.42. The summed E-state index contributed by atoms with van der Waals surface area (Å²) < 4.78 is 0. The summed E-state index contributed by atoms with van der Waals surface area (Å²) in [5, 5.41) is 19.3. The summed E-state index contributed by atoms with van der Waals surface area (Å²) in [6.45, 7) is 1.31. The topological polar surface area (TPSA) is 86.6 Å². The van der Waals surface area contributed by atoms with E-state index in [-0.39, 0.29) is 18.9 Å². The fraction of sp³-hybridized carbons (Fsp3) is 0.750. The van der Waals surface area contributed by atoms with Crippen LogP contribution in [0.5, 0.6) is 0 Å². The van der Waals surface area contributed by atoms with Crippen molar-refractivity contribution in [2.75, 3.05) is 6.54 Å². The highest BCUT2D eigenvalue weighted by atomic mass is 16.4. The predicted molar refractivity (Wildman–Crippen MR) is 46.2 cm³/mol. The quantitative estimate of drug-likeness (QED) is 0.537. The molecule has 0 aliphatic carbocycles. The number of aliphatic hydroxyl groups excluding tert-OH is 1. The maximum Gasteiger partial charge on any atom is 0.322 e. The highest BCUT2D eigenvalue weighted by Gasteiger charge is 2.04. The van der Waals surface area contributed by atoms with Gasteiger partial charge in [-0.3, -0.25) is 9.59 Å². The van der Waals surface area contributed by atoms with Crippen LogP contribution in [0.2, 0.25) is 0 Å². The van der Waals surface area contributed by atoms with Crippen LogP contribution < -0.4 is 5.32 Å². The van der Waals surface area contributed by atoms with Crippen molar-refractivity contribution in [3.05, 3.63) is 0 Å². The SMILES string of the molecule is CC(O)CCCC(=O)NCC(=O)O. The van der Waals surface area contributed by atoms with E-state index in [1.807, 2.05) is 0 Å². The van der Waals surface area contributed by atoms with Crippen molar-refractivity contribution in [2.24, 2.45) is 0 Å². The molecule has 1 amide bonds. The number of hydrogen-bond donors (Lipinski definition) is 3. The van der Waals surface area contributed by atoms with E-state index in [0.717, 1.165) is 0 Å². The van der Waals surface area contributed by atoms with Crippen LogP contribution in [0.4, 0.5) is 0 Å². The summed E-state index contributed by atoms with van der Waals surface area (Å²) in [6, 6.07) is 0. The minimum Gasteiger partial charge on any atom is -0.480 e. The highest BCUT2D eigenvalue weighted by Crippen LogP contribution is 1.99. The standard InChI is InChI=1S/C8H15NO4/c1-6(10)3-2-4-7(11)9-5-8(12)13/h6,10H,2-5H2,1H3,(H,9,11)(H,12,13). The summed E-state index contributed by atoms with van der Waals surface area (Å²) in [6.07, 6.45) is 0.981. The molecule has 3 N–H and O–H groups in total. The van der Waals surface area contributed by atoms with Gasteiger partial charge in [-0.25, -0.2) is 0 Å². The normalized spacial score (nSPS) is 12.2. The van der Waals surface area contributed by atoms with E-state index in [9.17, 15) is 9.59 Å².